The molecule has 0 bridgehead atoms. The Morgan fingerprint density at radius 3 is 3.10 bits per heavy atom. The molecule has 1 nitrogen and oxygen atoms in total. The molecule has 2 aliphatic carbocycles. The molecule has 0 spiro atoms. The van der Waals surface area contributed by atoms with Crippen LogP contribution in [0.1, 0.15) is 19.8 Å². The largest absolute Gasteiger partial charge is 0.299 e. The van der Waals surface area contributed by atoms with Gasteiger partial charge in [0.05, 0.1) is 0 Å². The molecule has 1 saturated carbocycles. The van der Waals surface area contributed by atoms with Gasteiger partial charge in [-0.2, -0.15) is 0 Å². The third-order valence-corrected chi connectivity index (χ3v) is 2.86. The van der Waals surface area contributed by atoms with Crippen LogP contribution < -0.4 is 0 Å². The lowest BCUT2D eigenvalue weighted by Gasteiger charge is -2.41. The summed E-state index contributed by atoms with van der Waals surface area (Å²) in [5.74, 6) is 1.82. The predicted octanol–water partition coefficient (Wildman–Crippen LogP) is 1.79. The van der Waals surface area contributed by atoms with Crippen LogP contribution in [-0.4, -0.2) is 5.78 Å². The highest BCUT2D eigenvalue weighted by Gasteiger charge is 2.45. The fraction of sp³-hybridized carbons (Fsp3) is 0.667. The maximum absolute atomic E-state index is 11.2. The first-order valence-electron chi connectivity index (χ1n) is 4.01. The van der Waals surface area contributed by atoms with Gasteiger partial charge in [0.2, 0.25) is 0 Å². The zero-order chi connectivity index (χ0) is 7.14. The van der Waals surface area contributed by atoms with E-state index in [1.165, 1.54) is 0 Å². The smallest absolute Gasteiger partial charge is 0.139 e. The number of ketones is 1. The fourth-order valence-electron chi connectivity index (χ4n) is 2.11. The third-order valence-electron chi connectivity index (χ3n) is 2.86. The number of allylic oxidation sites excluding steroid dienone is 2. The standard InChI is InChI=1S/C9H12O/c1-6-7-4-2-3-5-8(7)9(6)10/h2,4,6-8H,3,5H2,1H3/t6-,7+,8+/m0/s1. The van der Waals surface area contributed by atoms with Gasteiger partial charge in [0.25, 0.3) is 0 Å². The molecule has 0 radical (unpaired) electrons. The van der Waals surface area contributed by atoms with Crippen molar-refractivity contribution in [2.75, 3.05) is 0 Å². The Labute approximate surface area is 61.1 Å². The van der Waals surface area contributed by atoms with E-state index >= 15 is 0 Å². The van der Waals surface area contributed by atoms with E-state index in [1.54, 1.807) is 0 Å². The van der Waals surface area contributed by atoms with Gasteiger partial charge in [0.15, 0.2) is 0 Å². The molecule has 0 saturated heterocycles. The maximum Gasteiger partial charge on any atom is 0.139 e. The minimum atomic E-state index is 0.321. The Hall–Kier alpha value is -0.590. The molecule has 0 aliphatic heterocycles. The Bertz CT molecular complexity index is 193. The van der Waals surface area contributed by atoms with Crippen molar-refractivity contribution in [2.24, 2.45) is 17.8 Å². The summed E-state index contributed by atoms with van der Waals surface area (Å²) in [7, 11) is 0. The van der Waals surface area contributed by atoms with Crippen molar-refractivity contribution in [2.45, 2.75) is 19.8 Å². The van der Waals surface area contributed by atoms with Crippen LogP contribution in [0.3, 0.4) is 0 Å². The van der Waals surface area contributed by atoms with Gasteiger partial charge in [-0.25, -0.2) is 0 Å². The molecule has 1 heteroatoms. The Kier molecular flexibility index (Phi) is 1.19. The molecule has 2 aliphatic rings. The number of carbonyl (C=O) groups is 1. The normalized spacial score (nSPS) is 44.5. The Morgan fingerprint density at radius 2 is 2.40 bits per heavy atom. The van der Waals surface area contributed by atoms with E-state index in [-0.39, 0.29) is 0 Å². The number of hydrogen-bond acceptors (Lipinski definition) is 1. The topological polar surface area (TPSA) is 17.1 Å². The van der Waals surface area contributed by atoms with Crippen molar-refractivity contribution < 1.29 is 4.79 Å². The molecule has 1 fully saturated rings. The highest BCUT2D eigenvalue weighted by molar-refractivity contribution is 5.90. The van der Waals surface area contributed by atoms with E-state index < -0.39 is 0 Å². The lowest BCUT2D eigenvalue weighted by Crippen LogP contribution is -2.45. The molecule has 0 unspecified atom stereocenters. The van der Waals surface area contributed by atoms with Crippen LogP contribution in [0.15, 0.2) is 12.2 Å². The van der Waals surface area contributed by atoms with Crippen molar-refractivity contribution in [1.29, 1.82) is 0 Å². The molecule has 0 N–H and O–H groups in total. The Balaban J connectivity index is 2.18. The molecule has 0 amide bonds. The zero-order valence-electron chi connectivity index (χ0n) is 6.21. The summed E-state index contributed by atoms with van der Waals surface area (Å²) in [5, 5.41) is 0. The minimum absolute atomic E-state index is 0.321. The van der Waals surface area contributed by atoms with E-state index in [0.717, 1.165) is 12.8 Å². The summed E-state index contributed by atoms with van der Waals surface area (Å²) in [5.41, 5.74) is 0. The highest BCUT2D eigenvalue weighted by Crippen LogP contribution is 2.42. The van der Waals surface area contributed by atoms with Crippen molar-refractivity contribution in [3.05, 3.63) is 12.2 Å². The second-order valence-corrected chi connectivity index (χ2v) is 3.38. The van der Waals surface area contributed by atoms with Gasteiger partial charge >= 0.3 is 0 Å². The molecular weight excluding hydrogens is 124 g/mol. The maximum atomic E-state index is 11.2. The molecule has 0 aromatic rings. The first-order valence-corrected chi connectivity index (χ1v) is 4.01. The van der Waals surface area contributed by atoms with Gasteiger partial charge in [-0.1, -0.05) is 19.1 Å². The zero-order valence-corrected chi connectivity index (χ0v) is 6.21. The molecule has 0 aromatic heterocycles. The van der Waals surface area contributed by atoms with E-state index in [9.17, 15) is 4.79 Å². The first kappa shape index (κ1) is 6.14. The SMILES string of the molecule is C[C@@H]1C(=O)[C@@H]2CCC=C[C@H]12. The molecule has 10 heavy (non-hydrogen) atoms. The van der Waals surface area contributed by atoms with Crippen LogP contribution in [0.2, 0.25) is 0 Å². The van der Waals surface area contributed by atoms with Crippen molar-refractivity contribution in [1.82, 2.24) is 0 Å². The van der Waals surface area contributed by atoms with Crippen LogP contribution >= 0.6 is 0 Å². The summed E-state index contributed by atoms with van der Waals surface area (Å²) in [6.07, 6.45) is 6.65. The lowest BCUT2D eigenvalue weighted by atomic mass is 9.61. The molecule has 3 atom stereocenters. The van der Waals surface area contributed by atoms with Crippen LogP contribution in [0.25, 0.3) is 0 Å². The second kappa shape index (κ2) is 1.94. The van der Waals surface area contributed by atoms with Gasteiger partial charge in [-0.15, -0.1) is 0 Å². The molecule has 2 rings (SSSR count). The van der Waals surface area contributed by atoms with Gasteiger partial charge < -0.3 is 0 Å². The molecule has 0 aromatic carbocycles. The number of rotatable bonds is 0. The number of Topliss-reactive ketones (excluding diaryl/α,β-unsaturated/α-hetero) is 1. The van der Waals surface area contributed by atoms with Crippen molar-refractivity contribution in [3.63, 3.8) is 0 Å². The molecular formula is C9H12O. The lowest BCUT2D eigenvalue weighted by molar-refractivity contribution is -0.139. The van der Waals surface area contributed by atoms with E-state index in [1.807, 2.05) is 6.92 Å². The van der Waals surface area contributed by atoms with Gasteiger partial charge in [-0.3, -0.25) is 4.79 Å². The van der Waals surface area contributed by atoms with Gasteiger partial charge in [0, 0.05) is 11.8 Å². The highest BCUT2D eigenvalue weighted by atomic mass is 16.1. The van der Waals surface area contributed by atoms with E-state index in [4.69, 9.17) is 0 Å². The number of fused-ring (bicyclic) bond motifs is 1. The second-order valence-electron chi connectivity index (χ2n) is 3.38. The number of carbonyl (C=O) groups excluding carboxylic acids is 1. The van der Waals surface area contributed by atoms with Crippen molar-refractivity contribution in [3.8, 4) is 0 Å². The Morgan fingerprint density at radius 1 is 1.60 bits per heavy atom. The van der Waals surface area contributed by atoms with E-state index in [0.29, 0.717) is 23.5 Å². The van der Waals surface area contributed by atoms with Gasteiger partial charge in [0.1, 0.15) is 5.78 Å². The molecule has 54 valence electrons. The summed E-state index contributed by atoms with van der Waals surface area (Å²) in [6, 6.07) is 0. The van der Waals surface area contributed by atoms with Crippen LogP contribution in [0.4, 0.5) is 0 Å². The average Bonchev–Trinajstić information content (AvgIpc) is 2.03. The van der Waals surface area contributed by atoms with Crippen LogP contribution in [-0.2, 0) is 4.79 Å². The first-order chi connectivity index (χ1) is 4.80. The predicted molar refractivity (Wildman–Crippen MR) is 39.5 cm³/mol. The number of hydrogen-bond donors (Lipinski definition) is 0. The monoisotopic (exact) mass is 136 g/mol. The summed E-state index contributed by atoms with van der Waals surface area (Å²) < 4.78 is 0. The summed E-state index contributed by atoms with van der Waals surface area (Å²) in [6.45, 7) is 2.04. The summed E-state index contributed by atoms with van der Waals surface area (Å²) in [4.78, 5) is 11.2. The summed E-state index contributed by atoms with van der Waals surface area (Å²) >= 11 is 0. The van der Waals surface area contributed by atoms with Crippen LogP contribution in [0, 0.1) is 17.8 Å². The fourth-order valence-corrected chi connectivity index (χ4v) is 2.11. The minimum Gasteiger partial charge on any atom is -0.299 e. The molecule has 0 heterocycles. The third kappa shape index (κ3) is 0.606. The van der Waals surface area contributed by atoms with Crippen molar-refractivity contribution >= 4 is 5.78 Å². The van der Waals surface area contributed by atoms with Gasteiger partial charge in [-0.05, 0) is 18.8 Å². The van der Waals surface area contributed by atoms with Crippen LogP contribution in [0.5, 0.6) is 0 Å². The average molecular weight is 136 g/mol. The van der Waals surface area contributed by atoms with E-state index in [2.05, 4.69) is 12.2 Å². The quantitative estimate of drug-likeness (QED) is 0.464.